The zero-order valence-electron chi connectivity index (χ0n) is 8.71. The molecule has 0 saturated carbocycles. The lowest BCUT2D eigenvalue weighted by molar-refractivity contribution is 0.0692. The molecule has 0 aromatic heterocycles. The molecule has 0 amide bonds. The molecule has 2 rings (SSSR count). The van der Waals surface area contributed by atoms with E-state index in [0.717, 1.165) is 36.8 Å². The number of fused-ring (bicyclic) bond motifs is 1. The lowest BCUT2D eigenvalue weighted by Crippen LogP contribution is -2.11. The predicted octanol–water partition coefficient (Wildman–Crippen LogP) is 2.28. The molecule has 0 fully saturated rings. The van der Waals surface area contributed by atoms with E-state index in [1.165, 1.54) is 0 Å². The maximum absolute atomic E-state index is 11.1. The van der Waals surface area contributed by atoms with Crippen LogP contribution in [0.3, 0.4) is 0 Å². The monoisotopic (exact) mass is 206 g/mol. The molecule has 0 radical (unpaired) electrons. The van der Waals surface area contributed by atoms with Gasteiger partial charge in [-0.15, -0.1) is 0 Å². The van der Waals surface area contributed by atoms with Crippen LogP contribution in [0.2, 0.25) is 0 Å². The third kappa shape index (κ3) is 1.58. The molecular formula is C12H14O3. The zero-order valence-corrected chi connectivity index (χ0v) is 8.71. The fourth-order valence-electron chi connectivity index (χ4n) is 2.27. The van der Waals surface area contributed by atoms with Crippen LogP contribution in [0.15, 0.2) is 6.07 Å². The molecule has 3 heteroatoms. The zero-order chi connectivity index (χ0) is 11.0. The van der Waals surface area contributed by atoms with Crippen LogP contribution in [0.5, 0.6) is 5.75 Å². The van der Waals surface area contributed by atoms with E-state index >= 15 is 0 Å². The number of carboxylic acid groups (broad SMARTS) is 1. The minimum absolute atomic E-state index is 0.0665. The normalized spacial score (nSPS) is 14.7. The highest BCUT2D eigenvalue weighted by molar-refractivity contribution is 5.93. The van der Waals surface area contributed by atoms with Gasteiger partial charge in [-0.3, -0.25) is 0 Å². The molecular weight excluding hydrogens is 192 g/mol. The average molecular weight is 206 g/mol. The van der Waals surface area contributed by atoms with Gasteiger partial charge in [0.1, 0.15) is 11.3 Å². The fraction of sp³-hybridized carbons (Fsp3) is 0.417. The third-order valence-corrected chi connectivity index (χ3v) is 3.03. The minimum atomic E-state index is -1.02. The smallest absolute Gasteiger partial charge is 0.339 e. The van der Waals surface area contributed by atoms with Crippen LogP contribution in [-0.2, 0) is 12.8 Å². The van der Waals surface area contributed by atoms with Gasteiger partial charge in [0.15, 0.2) is 0 Å². The second-order valence-electron chi connectivity index (χ2n) is 4.07. The van der Waals surface area contributed by atoms with E-state index in [0.29, 0.717) is 5.56 Å². The molecule has 1 aromatic rings. The van der Waals surface area contributed by atoms with Crippen LogP contribution >= 0.6 is 0 Å². The van der Waals surface area contributed by atoms with Gasteiger partial charge in [0.25, 0.3) is 0 Å². The maximum atomic E-state index is 11.1. The summed E-state index contributed by atoms with van der Waals surface area (Å²) in [6, 6.07) is 1.91. The predicted molar refractivity (Wildman–Crippen MR) is 56.4 cm³/mol. The molecule has 1 aliphatic carbocycles. The Morgan fingerprint density at radius 2 is 2.00 bits per heavy atom. The summed E-state index contributed by atoms with van der Waals surface area (Å²) in [5.41, 5.74) is 2.70. The highest BCUT2D eigenvalue weighted by atomic mass is 16.4. The topological polar surface area (TPSA) is 57.5 Å². The van der Waals surface area contributed by atoms with Gasteiger partial charge in [-0.25, -0.2) is 4.79 Å². The van der Waals surface area contributed by atoms with Crippen molar-refractivity contribution in [2.75, 3.05) is 0 Å². The van der Waals surface area contributed by atoms with E-state index in [2.05, 4.69) is 0 Å². The summed E-state index contributed by atoms with van der Waals surface area (Å²) in [6.45, 7) is 1.75. The highest BCUT2D eigenvalue weighted by Gasteiger charge is 2.22. The molecule has 1 aromatic carbocycles. The lowest BCUT2D eigenvalue weighted by Gasteiger charge is -2.19. The minimum Gasteiger partial charge on any atom is -0.507 e. The molecule has 0 spiro atoms. The van der Waals surface area contributed by atoms with Crippen LogP contribution < -0.4 is 0 Å². The first kappa shape index (κ1) is 10.0. The number of aromatic carboxylic acids is 1. The van der Waals surface area contributed by atoms with Crippen molar-refractivity contribution in [2.24, 2.45) is 0 Å². The molecule has 0 saturated heterocycles. The first-order chi connectivity index (χ1) is 7.11. The number of hydrogen-bond donors (Lipinski definition) is 2. The van der Waals surface area contributed by atoms with Gasteiger partial charge in [-0.05, 0) is 49.3 Å². The van der Waals surface area contributed by atoms with Crippen molar-refractivity contribution in [1.82, 2.24) is 0 Å². The Kier molecular flexibility index (Phi) is 2.39. The van der Waals surface area contributed by atoms with Crippen molar-refractivity contribution in [1.29, 1.82) is 0 Å². The summed E-state index contributed by atoms with van der Waals surface area (Å²) in [7, 11) is 0. The average Bonchev–Trinajstić information content (AvgIpc) is 2.19. The molecule has 80 valence electrons. The molecule has 0 atom stereocenters. The summed E-state index contributed by atoms with van der Waals surface area (Å²) in [5, 5.41) is 18.8. The molecule has 1 aliphatic rings. The van der Waals surface area contributed by atoms with Crippen molar-refractivity contribution in [2.45, 2.75) is 32.6 Å². The Bertz CT molecular complexity index is 421. The molecule has 0 bridgehead atoms. The van der Waals surface area contributed by atoms with E-state index in [9.17, 15) is 9.90 Å². The van der Waals surface area contributed by atoms with Gasteiger partial charge >= 0.3 is 5.97 Å². The largest absolute Gasteiger partial charge is 0.507 e. The first-order valence-corrected chi connectivity index (χ1v) is 5.19. The Hall–Kier alpha value is -1.51. The highest BCUT2D eigenvalue weighted by Crippen LogP contribution is 2.33. The summed E-state index contributed by atoms with van der Waals surface area (Å²) in [5.74, 6) is -1.09. The van der Waals surface area contributed by atoms with Crippen LogP contribution in [0.25, 0.3) is 0 Å². The molecule has 0 heterocycles. The number of aromatic hydroxyl groups is 1. The summed E-state index contributed by atoms with van der Waals surface area (Å²) < 4.78 is 0. The lowest BCUT2D eigenvalue weighted by atomic mass is 9.86. The van der Waals surface area contributed by atoms with Crippen LogP contribution in [0.4, 0.5) is 0 Å². The summed E-state index contributed by atoms with van der Waals surface area (Å²) >= 11 is 0. The molecule has 2 N–H and O–H groups in total. The Morgan fingerprint density at radius 1 is 1.33 bits per heavy atom. The van der Waals surface area contributed by atoms with Crippen LogP contribution in [-0.4, -0.2) is 16.2 Å². The summed E-state index contributed by atoms with van der Waals surface area (Å²) in [6.07, 6.45) is 3.81. The van der Waals surface area contributed by atoms with Crippen molar-refractivity contribution >= 4 is 5.97 Å². The maximum Gasteiger partial charge on any atom is 0.339 e. The quantitative estimate of drug-likeness (QED) is 0.741. The van der Waals surface area contributed by atoms with E-state index in [-0.39, 0.29) is 11.3 Å². The Balaban J connectivity index is 2.68. The second-order valence-corrected chi connectivity index (χ2v) is 4.07. The van der Waals surface area contributed by atoms with Crippen LogP contribution in [0, 0.1) is 6.92 Å². The number of rotatable bonds is 1. The van der Waals surface area contributed by atoms with E-state index < -0.39 is 5.97 Å². The van der Waals surface area contributed by atoms with Crippen LogP contribution in [0.1, 0.15) is 39.9 Å². The van der Waals surface area contributed by atoms with Gasteiger partial charge < -0.3 is 10.2 Å². The standard InChI is InChI=1S/C12H14O3/c1-7-6-8-4-2-3-5-9(8)10(11(7)13)12(14)15/h6,13H,2-5H2,1H3,(H,14,15). The van der Waals surface area contributed by atoms with E-state index in [1.807, 2.05) is 6.07 Å². The molecule has 3 nitrogen and oxygen atoms in total. The van der Waals surface area contributed by atoms with E-state index in [4.69, 9.17) is 5.11 Å². The third-order valence-electron chi connectivity index (χ3n) is 3.03. The number of phenols is 1. The first-order valence-electron chi connectivity index (χ1n) is 5.19. The van der Waals surface area contributed by atoms with E-state index in [1.54, 1.807) is 6.92 Å². The van der Waals surface area contributed by atoms with Crippen molar-refractivity contribution < 1.29 is 15.0 Å². The van der Waals surface area contributed by atoms with Crippen molar-refractivity contribution in [3.05, 3.63) is 28.3 Å². The summed E-state index contributed by atoms with van der Waals surface area (Å²) in [4.78, 5) is 11.1. The number of carboxylic acids is 1. The van der Waals surface area contributed by atoms with Crippen molar-refractivity contribution in [3.8, 4) is 5.75 Å². The number of carbonyl (C=O) groups is 1. The second kappa shape index (κ2) is 3.57. The SMILES string of the molecule is Cc1cc2c(c(C(=O)O)c1O)CCCC2. The fourth-order valence-corrected chi connectivity index (χ4v) is 2.27. The molecule has 15 heavy (non-hydrogen) atoms. The van der Waals surface area contributed by atoms with Gasteiger partial charge in [-0.2, -0.15) is 0 Å². The van der Waals surface area contributed by atoms with Gasteiger partial charge in [0, 0.05) is 0 Å². The van der Waals surface area contributed by atoms with Gasteiger partial charge in [0.2, 0.25) is 0 Å². The molecule has 0 aliphatic heterocycles. The number of aryl methyl sites for hydroxylation is 2. The number of benzene rings is 1. The van der Waals surface area contributed by atoms with Gasteiger partial charge in [-0.1, -0.05) is 6.07 Å². The van der Waals surface area contributed by atoms with Gasteiger partial charge in [0.05, 0.1) is 0 Å². The Labute approximate surface area is 88.4 Å². The van der Waals surface area contributed by atoms with Crippen molar-refractivity contribution in [3.63, 3.8) is 0 Å². The number of hydrogen-bond acceptors (Lipinski definition) is 2. The Morgan fingerprint density at radius 3 is 2.67 bits per heavy atom. The molecule has 0 unspecified atom stereocenters.